The first-order chi connectivity index (χ1) is 12.7. The number of anilines is 1. The fourth-order valence-electron chi connectivity index (χ4n) is 3.53. The van der Waals surface area contributed by atoms with Gasteiger partial charge in [-0.3, -0.25) is 4.90 Å². The van der Waals surface area contributed by atoms with Crippen LogP contribution in [0.25, 0.3) is 11.2 Å². The Morgan fingerprint density at radius 3 is 3.08 bits per heavy atom. The Hall–Kier alpha value is -2.67. The Balaban J connectivity index is 1.34. The van der Waals surface area contributed by atoms with E-state index in [2.05, 4.69) is 49.5 Å². The van der Waals surface area contributed by atoms with Crippen LogP contribution in [0.5, 0.6) is 5.75 Å². The van der Waals surface area contributed by atoms with Gasteiger partial charge >= 0.3 is 0 Å². The maximum atomic E-state index is 5.92. The van der Waals surface area contributed by atoms with E-state index in [1.807, 2.05) is 12.4 Å². The highest BCUT2D eigenvalue weighted by molar-refractivity contribution is 5.81. The van der Waals surface area contributed by atoms with Crippen LogP contribution in [0.1, 0.15) is 24.9 Å². The molecule has 2 N–H and O–H groups in total. The van der Waals surface area contributed by atoms with Crippen LogP contribution in [0.15, 0.2) is 36.9 Å². The Labute approximate surface area is 152 Å². The van der Waals surface area contributed by atoms with E-state index in [1.54, 1.807) is 0 Å². The first-order valence-electron chi connectivity index (χ1n) is 9.11. The number of imidazole rings is 1. The quantitative estimate of drug-likeness (QED) is 0.733. The highest BCUT2D eigenvalue weighted by Crippen LogP contribution is 2.26. The highest BCUT2D eigenvalue weighted by atomic mass is 16.5. The number of likely N-dealkylation sites (tertiary alicyclic amines) is 1. The minimum Gasteiger partial charge on any atom is -0.492 e. The van der Waals surface area contributed by atoms with Crippen LogP contribution in [0, 0.1) is 0 Å². The zero-order chi connectivity index (χ0) is 17.9. The second-order valence-corrected chi connectivity index (χ2v) is 6.68. The fraction of sp³-hybridized carbons (Fsp3) is 0.421. The summed E-state index contributed by atoms with van der Waals surface area (Å²) in [5.41, 5.74) is 8.69. The van der Waals surface area contributed by atoms with Crippen LogP contribution in [-0.4, -0.2) is 50.7 Å². The molecule has 1 atom stereocenters. The largest absolute Gasteiger partial charge is 0.492 e. The van der Waals surface area contributed by atoms with Gasteiger partial charge in [0.05, 0.1) is 12.4 Å². The van der Waals surface area contributed by atoms with Crippen LogP contribution in [0.2, 0.25) is 0 Å². The molecule has 7 heteroatoms. The molecular weight excluding hydrogens is 328 g/mol. The molecule has 1 unspecified atom stereocenters. The molecule has 2 aromatic heterocycles. The second-order valence-electron chi connectivity index (χ2n) is 6.68. The van der Waals surface area contributed by atoms with E-state index in [-0.39, 0.29) is 0 Å². The van der Waals surface area contributed by atoms with Gasteiger partial charge in [-0.2, -0.15) is 0 Å². The number of rotatable bonds is 6. The number of hydrogen-bond donors (Lipinski definition) is 1. The standard InChI is InChI=1S/C19H24N6O/c1-2-14-4-3-5-16(10-14)26-9-8-24-7-6-15(11-24)25-13-23-17-18(20)21-12-22-19(17)25/h3-5,10,12-13,15H,2,6-9,11H2,1H3,(H2,20,21,22). The molecule has 4 rings (SSSR count). The predicted octanol–water partition coefficient (Wildman–Crippen LogP) is 2.30. The van der Waals surface area contributed by atoms with Crippen molar-refractivity contribution in [3.05, 3.63) is 42.5 Å². The molecule has 0 bridgehead atoms. The highest BCUT2D eigenvalue weighted by Gasteiger charge is 2.25. The van der Waals surface area contributed by atoms with Crippen molar-refractivity contribution in [3.63, 3.8) is 0 Å². The van der Waals surface area contributed by atoms with E-state index >= 15 is 0 Å². The van der Waals surface area contributed by atoms with Crippen molar-refractivity contribution in [3.8, 4) is 5.75 Å². The summed E-state index contributed by atoms with van der Waals surface area (Å²) in [5.74, 6) is 1.39. The number of nitrogens with zero attached hydrogens (tertiary/aromatic N) is 5. The third kappa shape index (κ3) is 3.35. The zero-order valence-corrected chi connectivity index (χ0v) is 15.0. The molecule has 1 fully saturated rings. The van der Waals surface area contributed by atoms with Crippen LogP contribution in [-0.2, 0) is 6.42 Å². The summed E-state index contributed by atoms with van der Waals surface area (Å²) in [6.07, 6.45) is 5.43. The first kappa shape index (κ1) is 16.8. The van der Waals surface area contributed by atoms with Crippen molar-refractivity contribution in [1.29, 1.82) is 0 Å². The van der Waals surface area contributed by atoms with Gasteiger partial charge in [0.1, 0.15) is 24.2 Å². The topological polar surface area (TPSA) is 82.1 Å². The smallest absolute Gasteiger partial charge is 0.165 e. The van der Waals surface area contributed by atoms with Crippen molar-refractivity contribution in [2.75, 3.05) is 32.0 Å². The normalized spacial score (nSPS) is 17.8. The van der Waals surface area contributed by atoms with Gasteiger partial charge in [-0.15, -0.1) is 0 Å². The van der Waals surface area contributed by atoms with E-state index in [9.17, 15) is 0 Å². The number of nitrogen functional groups attached to an aromatic ring is 1. The third-order valence-corrected chi connectivity index (χ3v) is 5.01. The first-order valence-corrected chi connectivity index (χ1v) is 9.11. The molecule has 0 saturated carbocycles. The molecule has 1 aliphatic rings. The maximum absolute atomic E-state index is 5.92. The van der Waals surface area contributed by atoms with Gasteiger partial charge in [0.15, 0.2) is 11.5 Å². The Kier molecular flexibility index (Phi) is 4.71. The van der Waals surface area contributed by atoms with Crippen molar-refractivity contribution in [2.45, 2.75) is 25.8 Å². The number of ether oxygens (including phenoxy) is 1. The van der Waals surface area contributed by atoms with Gasteiger partial charge in [0.25, 0.3) is 0 Å². The molecule has 26 heavy (non-hydrogen) atoms. The van der Waals surface area contributed by atoms with Crippen LogP contribution >= 0.6 is 0 Å². The van der Waals surface area contributed by atoms with Crippen LogP contribution < -0.4 is 10.5 Å². The summed E-state index contributed by atoms with van der Waals surface area (Å²) in [5, 5.41) is 0. The zero-order valence-electron chi connectivity index (χ0n) is 15.0. The maximum Gasteiger partial charge on any atom is 0.165 e. The lowest BCUT2D eigenvalue weighted by molar-refractivity contribution is 0.233. The van der Waals surface area contributed by atoms with E-state index in [0.717, 1.165) is 43.9 Å². The summed E-state index contributed by atoms with van der Waals surface area (Å²) in [4.78, 5) is 15.2. The van der Waals surface area contributed by atoms with Gasteiger partial charge in [-0.05, 0) is 30.5 Å². The Bertz CT molecular complexity index is 893. The van der Waals surface area contributed by atoms with Crippen molar-refractivity contribution in [2.24, 2.45) is 0 Å². The molecule has 7 nitrogen and oxygen atoms in total. The molecule has 1 saturated heterocycles. The molecular formula is C19H24N6O. The summed E-state index contributed by atoms with van der Waals surface area (Å²) in [6, 6.07) is 8.68. The van der Waals surface area contributed by atoms with Gasteiger partial charge in [-0.1, -0.05) is 19.1 Å². The van der Waals surface area contributed by atoms with E-state index in [1.165, 1.54) is 11.9 Å². The minimum absolute atomic E-state index is 0.359. The predicted molar refractivity (Wildman–Crippen MR) is 101 cm³/mol. The van der Waals surface area contributed by atoms with Crippen LogP contribution in [0.4, 0.5) is 5.82 Å². The average molecular weight is 352 g/mol. The molecule has 3 heterocycles. The number of nitrogens with two attached hydrogens (primary N) is 1. The molecule has 1 aromatic carbocycles. The van der Waals surface area contributed by atoms with Gasteiger partial charge in [0, 0.05) is 19.6 Å². The Morgan fingerprint density at radius 1 is 1.27 bits per heavy atom. The number of fused-ring (bicyclic) bond motifs is 1. The minimum atomic E-state index is 0.359. The number of aryl methyl sites for hydroxylation is 1. The van der Waals surface area contributed by atoms with Crippen molar-refractivity contribution < 1.29 is 4.74 Å². The average Bonchev–Trinajstić information content (AvgIpc) is 3.29. The molecule has 136 valence electrons. The third-order valence-electron chi connectivity index (χ3n) is 5.01. The van der Waals surface area contributed by atoms with E-state index in [4.69, 9.17) is 10.5 Å². The SMILES string of the molecule is CCc1cccc(OCCN2CCC(n3cnc4c(N)ncnc43)C2)c1. The second kappa shape index (κ2) is 7.29. The van der Waals surface area contributed by atoms with Crippen LogP contribution in [0.3, 0.4) is 0 Å². The van der Waals surface area contributed by atoms with E-state index < -0.39 is 0 Å². The summed E-state index contributed by atoms with van der Waals surface area (Å²) in [6.45, 7) is 5.77. The number of benzene rings is 1. The molecule has 0 amide bonds. The van der Waals surface area contributed by atoms with Gasteiger partial charge < -0.3 is 15.0 Å². The van der Waals surface area contributed by atoms with Gasteiger partial charge in [-0.25, -0.2) is 15.0 Å². The number of hydrogen-bond acceptors (Lipinski definition) is 6. The molecule has 3 aromatic rings. The lowest BCUT2D eigenvalue weighted by Crippen LogP contribution is -2.26. The van der Waals surface area contributed by atoms with Gasteiger partial charge in [0.2, 0.25) is 0 Å². The number of aromatic nitrogens is 4. The summed E-state index contributed by atoms with van der Waals surface area (Å²) in [7, 11) is 0. The van der Waals surface area contributed by atoms with Crippen molar-refractivity contribution in [1.82, 2.24) is 24.4 Å². The summed E-state index contributed by atoms with van der Waals surface area (Å²) < 4.78 is 8.05. The monoisotopic (exact) mass is 352 g/mol. The van der Waals surface area contributed by atoms with E-state index in [0.29, 0.717) is 24.0 Å². The molecule has 1 aliphatic heterocycles. The lowest BCUT2D eigenvalue weighted by atomic mass is 10.2. The molecule has 0 radical (unpaired) electrons. The lowest BCUT2D eigenvalue weighted by Gasteiger charge is -2.17. The fourth-order valence-corrected chi connectivity index (χ4v) is 3.53. The Morgan fingerprint density at radius 2 is 2.19 bits per heavy atom. The molecule has 0 aliphatic carbocycles. The summed E-state index contributed by atoms with van der Waals surface area (Å²) >= 11 is 0. The molecule has 0 spiro atoms. The van der Waals surface area contributed by atoms with Crippen molar-refractivity contribution >= 4 is 17.0 Å².